The fourth-order valence-electron chi connectivity index (χ4n) is 3.30. The summed E-state index contributed by atoms with van der Waals surface area (Å²) in [6.07, 6.45) is 4.20. The van der Waals surface area contributed by atoms with E-state index in [-0.39, 0.29) is 18.3 Å². The van der Waals surface area contributed by atoms with Gasteiger partial charge in [0.15, 0.2) is 0 Å². The molecule has 3 rings (SSSR count). The van der Waals surface area contributed by atoms with Crippen LogP contribution in [-0.4, -0.2) is 36.9 Å². The minimum absolute atomic E-state index is 0.0463. The summed E-state index contributed by atoms with van der Waals surface area (Å²) < 4.78 is 4.90. The third-order valence-corrected chi connectivity index (χ3v) is 4.93. The number of rotatable bonds is 7. The Morgan fingerprint density at radius 2 is 1.86 bits per heavy atom. The second-order valence-corrected chi connectivity index (χ2v) is 6.99. The van der Waals surface area contributed by atoms with Gasteiger partial charge in [-0.05, 0) is 35.4 Å². The van der Waals surface area contributed by atoms with E-state index in [0.717, 1.165) is 16.8 Å². The fourth-order valence-corrected chi connectivity index (χ4v) is 3.56. The molecule has 0 radical (unpaired) electrons. The Balaban J connectivity index is 1.89. The smallest absolute Gasteiger partial charge is 0.322 e. The van der Waals surface area contributed by atoms with Crippen LogP contribution >= 0.6 is 12.6 Å². The van der Waals surface area contributed by atoms with Crippen LogP contribution in [0.25, 0.3) is 6.08 Å². The van der Waals surface area contributed by atoms with E-state index in [9.17, 15) is 9.59 Å². The van der Waals surface area contributed by atoms with E-state index in [1.165, 1.54) is 7.11 Å². The molecule has 0 bridgehead atoms. The minimum Gasteiger partial charge on any atom is -0.468 e. The number of nitrogens with zero attached hydrogens (tertiary/aromatic N) is 1. The van der Waals surface area contributed by atoms with Crippen molar-refractivity contribution in [2.75, 3.05) is 17.8 Å². The van der Waals surface area contributed by atoms with Crippen LogP contribution in [0.3, 0.4) is 0 Å². The first-order chi connectivity index (χ1) is 13.6. The molecule has 28 heavy (non-hydrogen) atoms. The third kappa shape index (κ3) is 4.64. The number of methoxy groups -OCH3 is 1. The summed E-state index contributed by atoms with van der Waals surface area (Å²) in [5.41, 5.74) is 2.72. The van der Waals surface area contributed by atoms with Crippen molar-refractivity contribution in [3.05, 3.63) is 71.8 Å². The maximum absolute atomic E-state index is 13.2. The Hall–Kier alpha value is -2.57. The van der Waals surface area contributed by atoms with Crippen molar-refractivity contribution in [2.45, 2.75) is 25.0 Å². The molecule has 0 saturated carbocycles. The van der Waals surface area contributed by atoms with Gasteiger partial charge in [0.25, 0.3) is 0 Å². The summed E-state index contributed by atoms with van der Waals surface area (Å²) in [5.74, 6) is 0.115. The highest BCUT2D eigenvalue weighted by Crippen LogP contribution is 2.29. The van der Waals surface area contributed by atoms with Crippen LogP contribution in [0.1, 0.15) is 17.5 Å². The zero-order chi connectivity index (χ0) is 19.9. The number of ether oxygens (including phenoxy) is 1. The number of esters is 1. The largest absolute Gasteiger partial charge is 0.468 e. The summed E-state index contributed by atoms with van der Waals surface area (Å²) in [5, 5.41) is 3.26. The number of fused-ring (bicyclic) bond motifs is 1. The SMILES string of the molecule is COC(=O)C(CCS)N[C@@H]1C=Cc2ccccc2N1C(=O)Cc1ccccc1. The van der Waals surface area contributed by atoms with E-state index < -0.39 is 12.2 Å². The first-order valence-corrected chi connectivity index (χ1v) is 9.85. The number of anilines is 1. The molecule has 0 aliphatic carbocycles. The molecule has 0 fully saturated rings. The highest BCUT2D eigenvalue weighted by Gasteiger charge is 2.31. The van der Waals surface area contributed by atoms with Gasteiger partial charge in [-0.2, -0.15) is 12.6 Å². The predicted molar refractivity (Wildman–Crippen MR) is 114 cm³/mol. The van der Waals surface area contributed by atoms with Crippen LogP contribution in [-0.2, 0) is 20.7 Å². The van der Waals surface area contributed by atoms with Crippen molar-refractivity contribution in [3.63, 3.8) is 0 Å². The molecule has 0 spiro atoms. The van der Waals surface area contributed by atoms with Crippen molar-refractivity contribution in [2.24, 2.45) is 0 Å². The van der Waals surface area contributed by atoms with Crippen LogP contribution in [0.4, 0.5) is 5.69 Å². The van der Waals surface area contributed by atoms with Gasteiger partial charge in [0, 0.05) is 0 Å². The van der Waals surface area contributed by atoms with Crippen LogP contribution in [0.5, 0.6) is 0 Å². The molecule has 0 aromatic heterocycles. The molecule has 0 saturated heterocycles. The van der Waals surface area contributed by atoms with Crippen LogP contribution in [0.15, 0.2) is 60.7 Å². The lowest BCUT2D eigenvalue weighted by molar-refractivity contribution is -0.143. The van der Waals surface area contributed by atoms with Gasteiger partial charge >= 0.3 is 5.97 Å². The minimum atomic E-state index is -0.547. The molecule has 1 N–H and O–H groups in total. The molecule has 1 unspecified atom stereocenters. The lowest BCUT2D eigenvalue weighted by Gasteiger charge is -2.36. The number of hydrogen-bond donors (Lipinski definition) is 2. The molecule has 2 aromatic carbocycles. The lowest BCUT2D eigenvalue weighted by Crippen LogP contribution is -2.55. The average molecular weight is 397 g/mol. The number of para-hydroxylation sites is 1. The van der Waals surface area contributed by atoms with E-state index in [4.69, 9.17) is 4.74 Å². The number of carbonyl (C=O) groups is 2. The zero-order valence-electron chi connectivity index (χ0n) is 15.7. The van der Waals surface area contributed by atoms with Gasteiger partial charge in [0.1, 0.15) is 12.2 Å². The van der Waals surface area contributed by atoms with Gasteiger partial charge in [-0.1, -0.05) is 54.6 Å². The normalized spacial score (nSPS) is 16.4. The summed E-state index contributed by atoms with van der Waals surface area (Å²) in [4.78, 5) is 27.1. The molecule has 1 aliphatic rings. The van der Waals surface area contributed by atoms with Gasteiger partial charge in [0.2, 0.25) is 5.91 Å². The maximum atomic E-state index is 13.2. The van der Waals surface area contributed by atoms with Gasteiger partial charge in [-0.3, -0.25) is 19.8 Å². The Morgan fingerprint density at radius 1 is 1.14 bits per heavy atom. The maximum Gasteiger partial charge on any atom is 0.322 e. The van der Waals surface area contributed by atoms with Crippen LogP contribution in [0, 0.1) is 0 Å². The van der Waals surface area contributed by atoms with E-state index in [1.807, 2.05) is 66.7 Å². The molecule has 1 heterocycles. The average Bonchev–Trinajstić information content (AvgIpc) is 2.73. The van der Waals surface area contributed by atoms with Crippen molar-refractivity contribution >= 4 is 36.3 Å². The van der Waals surface area contributed by atoms with Crippen molar-refractivity contribution < 1.29 is 14.3 Å². The Labute approximate surface area is 170 Å². The molecular formula is C22H24N2O3S. The monoisotopic (exact) mass is 396 g/mol. The van der Waals surface area contributed by atoms with E-state index in [2.05, 4.69) is 17.9 Å². The topological polar surface area (TPSA) is 58.6 Å². The molecule has 2 atom stereocenters. The second-order valence-electron chi connectivity index (χ2n) is 6.54. The molecule has 146 valence electrons. The number of nitrogens with one attached hydrogen (secondary N) is 1. The standard InChI is InChI=1S/C22H24N2O3S/c1-27-22(26)18(13-14-28)23-20-12-11-17-9-5-6-10-19(17)24(20)21(25)15-16-7-3-2-4-8-16/h2-12,18,20,23,28H,13-15H2,1H3/t18?,20-/m0/s1. The van der Waals surface area contributed by atoms with Crippen molar-refractivity contribution in [1.82, 2.24) is 5.32 Å². The molecule has 2 aromatic rings. The van der Waals surface area contributed by atoms with E-state index in [0.29, 0.717) is 12.2 Å². The number of carbonyl (C=O) groups excluding carboxylic acids is 2. The number of benzene rings is 2. The summed E-state index contributed by atoms with van der Waals surface area (Å²) in [6.45, 7) is 0. The quantitative estimate of drug-likeness (QED) is 0.558. The molecular weight excluding hydrogens is 372 g/mol. The Bertz CT molecular complexity index is 854. The molecule has 1 aliphatic heterocycles. The van der Waals surface area contributed by atoms with Gasteiger partial charge in [-0.25, -0.2) is 0 Å². The Kier molecular flexibility index (Phi) is 6.90. The van der Waals surface area contributed by atoms with E-state index in [1.54, 1.807) is 4.90 Å². The van der Waals surface area contributed by atoms with Crippen molar-refractivity contribution in [3.8, 4) is 0 Å². The number of amides is 1. The highest BCUT2D eigenvalue weighted by atomic mass is 32.1. The summed E-state index contributed by atoms with van der Waals surface area (Å²) >= 11 is 4.24. The van der Waals surface area contributed by atoms with Crippen molar-refractivity contribution in [1.29, 1.82) is 0 Å². The van der Waals surface area contributed by atoms with Gasteiger partial charge in [0.05, 0.1) is 19.2 Å². The number of thiol groups is 1. The number of hydrogen-bond acceptors (Lipinski definition) is 5. The fraction of sp³-hybridized carbons (Fsp3) is 0.273. The van der Waals surface area contributed by atoms with Crippen LogP contribution in [0.2, 0.25) is 0 Å². The van der Waals surface area contributed by atoms with Gasteiger partial charge < -0.3 is 4.74 Å². The van der Waals surface area contributed by atoms with Crippen LogP contribution < -0.4 is 10.2 Å². The lowest BCUT2D eigenvalue weighted by atomic mass is 10.0. The molecule has 5 nitrogen and oxygen atoms in total. The first-order valence-electron chi connectivity index (χ1n) is 9.22. The summed E-state index contributed by atoms with van der Waals surface area (Å²) in [6, 6.07) is 16.8. The highest BCUT2D eigenvalue weighted by molar-refractivity contribution is 7.80. The summed E-state index contributed by atoms with van der Waals surface area (Å²) in [7, 11) is 1.36. The molecule has 1 amide bonds. The van der Waals surface area contributed by atoms with Gasteiger partial charge in [-0.15, -0.1) is 0 Å². The Morgan fingerprint density at radius 3 is 2.57 bits per heavy atom. The molecule has 6 heteroatoms. The second kappa shape index (κ2) is 9.57. The van der Waals surface area contributed by atoms with E-state index >= 15 is 0 Å². The third-order valence-electron chi connectivity index (χ3n) is 4.67. The predicted octanol–water partition coefficient (Wildman–Crippen LogP) is 3.07. The zero-order valence-corrected chi connectivity index (χ0v) is 16.6. The first kappa shape index (κ1) is 20.2.